The largest absolute Gasteiger partial charge is 0.493 e. The Balaban J connectivity index is 1.59. The predicted molar refractivity (Wildman–Crippen MR) is 122 cm³/mol. The number of carbonyl (C=O) groups is 1. The zero-order chi connectivity index (χ0) is 24.0. The number of halogens is 4. The highest BCUT2D eigenvalue weighted by molar-refractivity contribution is 9.10. The lowest BCUT2D eigenvalue weighted by molar-refractivity contribution is -0.141. The van der Waals surface area contributed by atoms with Crippen LogP contribution in [0.3, 0.4) is 0 Å². The van der Waals surface area contributed by atoms with E-state index in [9.17, 15) is 18.0 Å². The number of hydrogen-bond donors (Lipinski definition) is 1. The number of hydrogen-bond acceptors (Lipinski definition) is 6. The number of nitrogens with one attached hydrogen (secondary N) is 1. The average Bonchev–Trinajstić information content (AvgIpc) is 3.20. The van der Waals surface area contributed by atoms with Gasteiger partial charge in [0.05, 0.1) is 24.2 Å². The Hall–Kier alpha value is -2.75. The van der Waals surface area contributed by atoms with Crippen LogP contribution in [-0.2, 0) is 17.3 Å². The molecule has 3 rings (SSSR count). The van der Waals surface area contributed by atoms with Gasteiger partial charge in [-0.3, -0.25) is 0 Å². The molecule has 0 atom stereocenters. The predicted octanol–water partition coefficient (Wildman–Crippen LogP) is 6.62. The van der Waals surface area contributed by atoms with E-state index in [4.69, 9.17) is 14.0 Å². The summed E-state index contributed by atoms with van der Waals surface area (Å²) in [7, 11) is 0. The van der Waals surface area contributed by atoms with Crippen molar-refractivity contribution in [1.29, 1.82) is 0 Å². The molecule has 10 heteroatoms. The molecule has 0 amide bonds. The van der Waals surface area contributed by atoms with Crippen molar-refractivity contribution in [2.75, 3.05) is 25.1 Å². The van der Waals surface area contributed by atoms with Crippen molar-refractivity contribution < 1.29 is 32.0 Å². The van der Waals surface area contributed by atoms with E-state index in [1.807, 2.05) is 6.92 Å². The monoisotopic (exact) mass is 528 g/mol. The number of carbonyl (C=O) groups excluding carboxylic acids is 1. The Morgan fingerprint density at radius 3 is 2.67 bits per heavy atom. The van der Waals surface area contributed by atoms with E-state index in [-0.39, 0.29) is 11.0 Å². The number of alkyl halides is 3. The Kier molecular flexibility index (Phi) is 8.23. The molecule has 0 bridgehead atoms. The molecule has 0 aliphatic rings. The third-order valence-corrected chi connectivity index (χ3v) is 5.50. The first-order valence-corrected chi connectivity index (χ1v) is 11.4. The molecular weight excluding hydrogens is 505 g/mol. The summed E-state index contributed by atoms with van der Waals surface area (Å²) in [5, 5.41) is 6.42. The number of aromatic nitrogens is 1. The molecule has 178 valence electrons. The van der Waals surface area contributed by atoms with E-state index in [1.54, 1.807) is 31.2 Å². The third-order valence-electron chi connectivity index (χ3n) is 4.84. The van der Waals surface area contributed by atoms with Gasteiger partial charge in [-0.2, -0.15) is 13.2 Å². The number of benzene rings is 2. The summed E-state index contributed by atoms with van der Waals surface area (Å²) in [4.78, 5) is 11.9. The van der Waals surface area contributed by atoms with Crippen molar-refractivity contribution in [3.8, 4) is 5.75 Å². The van der Waals surface area contributed by atoms with Gasteiger partial charge in [-0.05, 0) is 66.0 Å². The molecule has 0 fully saturated rings. The van der Waals surface area contributed by atoms with Gasteiger partial charge in [-0.15, -0.1) is 0 Å². The summed E-state index contributed by atoms with van der Waals surface area (Å²) in [6.45, 7) is 4.93. The molecule has 1 N–H and O–H groups in total. The van der Waals surface area contributed by atoms with E-state index < -0.39 is 17.8 Å². The molecular formula is C23H24BrF3N2O4. The Labute approximate surface area is 197 Å². The van der Waals surface area contributed by atoms with Crippen LogP contribution in [0.2, 0.25) is 0 Å². The highest BCUT2D eigenvalue weighted by atomic mass is 79.9. The van der Waals surface area contributed by atoms with Crippen LogP contribution in [0.25, 0.3) is 11.0 Å². The number of rotatable bonds is 10. The Bertz CT molecular complexity index is 1120. The summed E-state index contributed by atoms with van der Waals surface area (Å²) in [5.74, 6) is 0.106. The Morgan fingerprint density at radius 1 is 1.21 bits per heavy atom. The van der Waals surface area contributed by atoms with E-state index in [0.717, 1.165) is 12.1 Å². The molecule has 1 aromatic heterocycles. The van der Waals surface area contributed by atoms with Crippen LogP contribution in [0, 0.1) is 0 Å². The normalized spacial score (nSPS) is 11.6. The first-order valence-electron chi connectivity index (χ1n) is 10.6. The SMILES string of the molecule is CCCc1c(OCCCNc2ccc(C(=O)OCC)c(Br)c2)ccc2c(C(F)(F)F)noc12. The number of ether oxygens (including phenoxy) is 2. The van der Waals surface area contributed by atoms with Crippen LogP contribution in [0.4, 0.5) is 18.9 Å². The fraction of sp³-hybridized carbons (Fsp3) is 0.391. The van der Waals surface area contributed by atoms with Gasteiger partial charge in [0.25, 0.3) is 0 Å². The van der Waals surface area contributed by atoms with Crippen LogP contribution in [0.1, 0.15) is 48.3 Å². The second-order valence-electron chi connectivity index (χ2n) is 7.24. The van der Waals surface area contributed by atoms with Gasteiger partial charge in [0.15, 0.2) is 11.3 Å². The number of anilines is 1. The molecule has 6 nitrogen and oxygen atoms in total. The van der Waals surface area contributed by atoms with Crippen LogP contribution in [-0.4, -0.2) is 30.9 Å². The summed E-state index contributed by atoms with van der Waals surface area (Å²) in [6, 6.07) is 8.14. The maximum Gasteiger partial charge on any atom is 0.437 e. The van der Waals surface area contributed by atoms with Crippen molar-refractivity contribution in [2.24, 2.45) is 0 Å². The third kappa shape index (κ3) is 5.98. The highest BCUT2D eigenvalue weighted by Crippen LogP contribution is 2.38. The number of esters is 1. The fourth-order valence-corrected chi connectivity index (χ4v) is 3.89. The first-order chi connectivity index (χ1) is 15.8. The van der Waals surface area contributed by atoms with Gasteiger partial charge in [0.2, 0.25) is 0 Å². The molecule has 0 saturated carbocycles. The molecule has 0 radical (unpaired) electrons. The summed E-state index contributed by atoms with van der Waals surface area (Å²) in [5.41, 5.74) is 0.955. The minimum Gasteiger partial charge on any atom is -0.493 e. The van der Waals surface area contributed by atoms with E-state index in [0.29, 0.717) is 53.9 Å². The van der Waals surface area contributed by atoms with E-state index >= 15 is 0 Å². The molecule has 1 heterocycles. The van der Waals surface area contributed by atoms with Gasteiger partial charge in [-0.1, -0.05) is 18.5 Å². The van der Waals surface area contributed by atoms with Crippen molar-refractivity contribution in [1.82, 2.24) is 5.16 Å². The summed E-state index contributed by atoms with van der Waals surface area (Å²) < 4.78 is 55.9. The highest BCUT2D eigenvalue weighted by Gasteiger charge is 2.37. The van der Waals surface area contributed by atoms with Crippen LogP contribution in [0.15, 0.2) is 39.3 Å². The second kappa shape index (κ2) is 10.9. The summed E-state index contributed by atoms with van der Waals surface area (Å²) >= 11 is 3.38. The molecule has 3 aromatic rings. The van der Waals surface area contributed by atoms with Gasteiger partial charge in [-0.25, -0.2) is 4.79 Å². The van der Waals surface area contributed by atoms with Crippen molar-refractivity contribution in [2.45, 2.75) is 39.3 Å². The molecule has 2 aromatic carbocycles. The van der Waals surface area contributed by atoms with Gasteiger partial charge in [0.1, 0.15) is 5.75 Å². The first kappa shape index (κ1) is 24.9. The molecule has 0 saturated heterocycles. The fourth-order valence-electron chi connectivity index (χ4n) is 3.35. The quantitative estimate of drug-likeness (QED) is 0.235. The number of fused-ring (bicyclic) bond motifs is 1. The van der Waals surface area contributed by atoms with Gasteiger partial charge >= 0.3 is 12.1 Å². The topological polar surface area (TPSA) is 73.6 Å². The maximum atomic E-state index is 13.1. The number of nitrogens with zero attached hydrogens (tertiary/aromatic N) is 1. The minimum absolute atomic E-state index is 0.0585. The van der Waals surface area contributed by atoms with Crippen LogP contribution in [0.5, 0.6) is 5.75 Å². The van der Waals surface area contributed by atoms with Gasteiger partial charge in [0, 0.05) is 22.3 Å². The molecule has 0 aliphatic heterocycles. The standard InChI is InChI=1S/C23H24BrF3N2O4/c1-3-6-16-19(10-9-17-20(16)33-29-21(17)23(25,26)27)32-12-5-11-28-14-7-8-15(18(24)13-14)22(30)31-4-2/h7-10,13,28H,3-6,11-12H2,1-2H3. The van der Waals surface area contributed by atoms with Crippen molar-refractivity contribution in [3.63, 3.8) is 0 Å². The van der Waals surface area contributed by atoms with Crippen LogP contribution < -0.4 is 10.1 Å². The molecule has 0 spiro atoms. The molecule has 0 unspecified atom stereocenters. The van der Waals surface area contributed by atoms with Gasteiger partial charge < -0.3 is 19.3 Å². The minimum atomic E-state index is -4.58. The van der Waals surface area contributed by atoms with E-state index in [2.05, 4.69) is 26.4 Å². The Morgan fingerprint density at radius 2 is 2.00 bits per heavy atom. The molecule has 0 aliphatic carbocycles. The second-order valence-corrected chi connectivity index (χ2v) is 8.10. The average molecular weight is 529 g/mol. The van der Waals surface area contributed by atoms with Crippen LogP contribution >= 0.6 is 15.9 Å². The van der Waals surface area contributed by atoms with Crippen molar-refractivity contribution >= 4 is 38.6 Å². The number of aryl methyl sites for hydroxylation is 1. The zero-order valence-electron chi connectivity index (χ0n) is 18.2. The maximum absolute atomic E-state index is 13.1. The lowest BCUT2D eigenvalue weighted by Crippen LogP contribution is -2.09. The van der Waals surface area contributed by atoms with E-state index in [1.165, 1.54) is 6.07 Å². The smallest absolute Gasteiger partial charge is 0.437 e. The zero-order valence-corrected chi connectivity index (χ0v) is 19.8. The molecule has 33 heavy (non-hydrogen) atoms. The lowest BCUT2D eigenvalue weighted by Gasteiger charge is -2.13. The lowest BCUT2D eigenvalue weighted by atomic mass is 10.0. The van der Waals surface area contributed by atoms with Crippen molar-refractivity contribution in [3.05, 3.63) is 51.6 Å². The summed E-state index contributed by atoms with van der Waals surface area (Å²) in [6.07, 6.45) is -2.70.